The first-order valence-electron chi connectivity index (χ1n) is 4.92. The van der Waals surface area contributed by atoms with Gasteiger partial charge in [0.1, 0.15) is 0 Å². The molecule has 2 nitrogen and oxygen atoms in total. The third-order valence-corrected chi connectivity index (χ3v) is 3.54. The largest absolute Gasteiger partial charge is 0.272 e. The Balaban J connectivity index is 1.65. The average molecular weight is 162 g/mol. The molecule has 0 aromatic carbocycles. The minimum absolute atomic E-state index is 0.971. The standard InChI is InChI=1S/C10H14N2/c1-3-8-9(4-1)10(8)7-12-6-2-5-11-12/h2,5-6,8-10H,1,3-4,7H2/t8-,9+,10?. The molecule has 0 spiro atoms. The van der Waals surface area contributed by atoms with Crippen LogP contribution in [0.5, 0.6) is 0 Å². The highest BCUT2D eigenvalue weighted by molar-refractivity contribution is 5.00. The molecular formula is C10H14N2. The van der Waals surface area contributed by atoms with Crippen molar-refractivity contribution in [3.05, 3.63) is 18.5 Å². The van der Waals surface area contributed by atoms with E-state index in [1.54, 1.807) is 0 Å². The van der Waals surface area contributed by atoms with Gasteiger partial charge in [-0.3, -0.25) is 4.68 Å². The fraction of sp³-hybridized carbons (Fsp3) is 0.700. The molecule has 0 radical (unpaired) electrons. The van der Waals surface area contributed by atoms with E-state index in [9.17, 15) is 0 Å². The van der Waals surface area contributed by atoms with Gasteiger partial charge >= 0.3 is 0 Å². The first-order chi connectivity index (χ1) is 5.95. The van der Waals surface area contributed by atoms with E-state index in [0.29, 0.717) is 0 Å². The lowest BCUT2D eigenvalue weighted by molar-refractivity contribution is 0.478. The molecule has 12 heavy (non-hydrogen) atoms. The molecule has 2 fully saturated rings. The SMILES string of the molecule is c1cnn(CC2[C@H]3CCC[C@@H]23)c1. The van der Waals surface area contributed by atoms with Crippen LogP contribution in [0.15, 0.2) is 18.5 Å². The van der Waals surface area contributed by atoms with Crippen LogP contribution in [0.1, 0.15) is 19.3 Å². The topological polar surface area (TPSA) is 17.8 Å². The normalized spacial score (nSPS) is 38.2. The summed E-state index contributed by atoms with van der Waals surface area (Å²) in [4.78, 5) is 0. The second-order valence-corrected chi connectivity index (χ2v) is 4.15. The van der Waals surface area contributed by atoms with Crippen LogP contribution in [0.3, 0.4) is 0 Å². The van der Waals surface area contributed by atoms with E-state index < -0.39 is 0 Å². The Labute approximate surface area is 72.6 Å². The van der Waals surface area contributed by atoms with E-state index in [1.165, 1.54) is 25.8 Å². The van der Waals surface area contributed by atoms with E-state index in [1.807, 2.05) is 12.3 Å². The lowest BCUT2D eigenvalue weighted by Crippen LogP contribution is -2.03. The Morgan fingerprint density at radius 1 is 1.33 bits per heavy atom. The number of nitrogens with zero attached hydrogens (tertiary/aromatic N) is 2. The molecule has 1 aromatic heterocycles. The zero-order valence-corrected chi connectivity index (χ0v) is 7.19. The lowest BCUT2D eigenvalue weighted by Gasteiger charge is -2.02. The van der Waals surface area contributed by atoms with Gasteiger partial charge in [-0.25, -0.2) is 0 Å². The zero-order valence-electron chi connectivity index (χ0n) is 7.19. The molecule has 0 saturated heterocycles. The van der Waals surface area contributed by atoms with Crippen molar-refractivity contribution >= 4 is 0 Å². The lowest BCUT2D eigenvalue weighted by atomic mass is 10.1. The number of hydrogen-bond donors (Lipinski definition) is 0. The first kappa shape index (κ1) is 6.70. The molecule has 64 valence electrons. The van der Waals surface area contributed by atoms with Crippen molar-refractivity contribution in [3.8, 4) is 0 Å². The maximum atomic E-state index is 4.24. The van der Waals surface area contributed by atoms with Crippen LogP contribution in [0.2, 0.25) is 0 Å². The maximum Gasteiger partial charge on any atom is 0.0489 e. The Kier molecular flexibility index (Phi) is 1.31. The highest BCUT2D eigenvalue weighted by Gasteiger charge is 2.52. The molecule has 2 heteroatoms. The average Bonchev–Trinajstić information content (AvgIpc) is 2.59. The number of aromatic nitrogens is 2. The summed E-state index contributed by atoms with van der Waals surface area (Å²) in [5.41, 5.74) is 0. The van der Waals surface area contributed by atoms with Crippen LogP contribution in [0, 0.1) is 17.8 Å². The van der Waals surface area contributed by atoms with Gasteiger partial charge in [0.25, 0.3) is 0 Å². The van der Waals surface area contributed by atoms with Crippen LogP contribution in [0.25, 0.3) is 0 Å². The Morgan fingerprint density at radius 2 is 2.17 bits per heavy atom. The van der Waals surface area contributed by atoms with E-state index >= 15 is 0 Å². The Bertz CT molecular complexity index is 255. The summed E-state index contributed by atoms with van der Waals surface area (Å²) >= 11 is 0. The van der Waals surface area contributed by atoms with Gasteiger partial charge in [0.2, 0.25) is 0 Å². The van der Waals surface area contributed by atoms with Crippen molar-refractivity contribution in [2.75, 3.05) is 0 Å². The third kappa shape index (κ3) is 0.904. The second-order valence-electron chi connectivity index (χ2n) is 4.15. The molecule has 2 saturated carbocycles. The minimum atomic E-state index is 0.971. The van der Waals surface area contributed by atoms with Crippen molar-refractivity contribution in [1.82, 2.24) is 9.78 Å². The zero-order chi connectivity index (χ0) is 7.97. The van der Waals surface area contributed by atoms with Gasteiger partial charge in [-0.2, -0.15) is 5.10 Å². The summed E-state index contributed by atoms with van der Waals surface area (Å²) < 4.78 is 2.09. The fourth-order valence-corrected chi connectivity index (χ4v) is 2.87. The number of rotatable bonds is 2. The van der Waals surface area contributed by atoms with Gasteiger partial charge in [0.15, 0.2) is 0 Å². The van der Waals surface area contributed by atoms with Crippen LogP contribution >= 0.6 is 0 Å². The molecule has 0 amide bonds. The molecule has 0 N–H and O–H groups in total. The minimum Gasteiger partial charge on any atom is -0.272 e. The smallest absolute Gasteiger partial charge is 0.0489 e. The predicted molar refractivity (Wildman–Crippen MR) is 46.5 cm³/mol. The fourth-order valence-electron chi connectivity index (χ4n) is 2.87. The van der Waals surface area contributed by atoms with Crippen molar-refractivity contribution in [3.63, 3.8) is 0 Å². The summed E-state index contributed by atoms with van der Waals surface area (Å²) in [6, 6.07) is 2.01. The van der Waals surface area contributed by atoms with E-state index in [-0.39, 0.29) is 0 Å². The molecule has 3 atom stereocenters. The third-order valence-electron chi connectivity index (χ3n) is 3.54. The van der Waals surface area contributed by atoms with Crippen molar-refractivity contribution in [2.45, 2.75) is 25.8 Å². The van der Waals surface area contributed by atoms with Crippen molar-refractivity contribution < 1.29 is 0 Å². The summed E-state index contributed by atoms with van der Waals surface area (Å²) in [6.45, 7) is 1.17. The molecule has 1 unspecified atom stereocenters. The summed E-state index contributed by atoms with van der Waals surface area (Å²) in [5.74, 6) is 3.10. The van der Waals surface area contributed by atoms with Crippen LogP contribution in [0.4, 0.5) is 0 Å². The molecule has 1 aromatic rings. The maximum absolute atomic E-state index is 4.24. The van der Waals surface area contributed by atoms with Gasteiger partial charge in [0, 0.05) is 18.9 Å². The quantitative estimate of drug-likeness (QED) is 0.649. The summed E-state index contributed by atoms with van der Waals surface area (Å²) in [5, 5.41) is 4.24. The monoisotopic (exact) mass is 162 g/mol. The van der Waals surface area contributed by atoms with Gasteiger partial charge in [-0.1, -0.05) is 6.42 Å². The van der Waals surface area contributed by atoms with E-state index in [4.69, 9.17) is 0 Å². The summed E-state index contributed by atoms with van der Waals surface area (Å²) in [6.07, 6.45) is 8.39. The van der Waals surface area contributed by atoms with Crippen molar-refractivity contribution in [2.24, 2.45) is 17.8 Å². The number of fused-ring (bicyclic) bond motifs is 1. The second kappa shape index (κ2) is 2.35. The van der Waals surface area contributed by atoms with Crippen molar-refractivity contribution in [1.29, 1.82) is 0 Å². The summed E-state index contributed by atoms with van der Waals surface area (Å²) in [7, 11) is 0. The van der Waals surface area contributed by atoms with Crippen LogP contribution in [-0.4, -0.2) is 9.78 Å². The first-order valence-corrected chi connectivity index (χ1v) is 4.92. The van der Waals surface area contributed by atoms with Gasteiger partial charge in [-0.15, -0.1) is 0 Å². The molecule has 0 aliphatic heterocycles. The Hall–Kier alpha value is -0.790. The van der Waals surface area contributed by atoms with Gasteiger partial charge in [-0.05, 0) is 36.7 Å². The molecule has 2 aliphatic rings. The highest BCUT2D eigenvalue weighted by Crippen LogP contribution is 2.57. The molecule has 0 bridgehead atoms. The van der Waals surface area contributed by atoms with Crippen LogP contribution in [-0.2, 0) is 6.54 Å². The van der Waals surface area contributed by atoms with E-state index in [0.717, 1.165) is 17.8 Å². The van der Waals surface area contributed by atoms with Gasteiger partial charge < -0.3 is 0 Å². The highest BCUT2D eigenvalue weighted by atomic mass is 15.3. The molecule has 1 heterocycles. The predicted octanol–water partition coefficient (Wildman–Crippen LogP) is 1.93. The van der Waals surface area contributed by atoms with Crippen LogP contribution < -0.4 is 0 Å². The molecular weight excluding hydrogens is 148 g/mol. The number of hydrogen-bond acceptors (Lipinski definition) is 1. The molecule has 2 aliphatic carbocycles. The van der Waals surface area contributed by atoms with E-state index in [2.05, 4.69) is 16.0 Å². The van der Waals surface area contributed by atoms with Gasteiger partial charge in [0.05, 0.1) is 0 Å². The molecule has 3 rings (SSSR count). The Morgan fingerprint density at radius 3 is 2.83 bits per heavy atom.